The van der Waals surface area contributed by atoms with Crippen molar-refractivity contribution in [1.82, 2.24) is 10.6 Å². The summed E-state index contributed by atoms with van der Waals surface area (Å²) in [6.07, 6.45) is 6.15. The lowest BCUT2D eigenvalue weighted by molar-refractivity contribution is -0.121. The van der Waals surface area contributed by atoms with Crippen LogP contribution < -0.4 is 10.6 Å². The van der Waals surface area contributed by atoms with Crippen LogP contribution >= 0.6 is 11.8 Å². The molecule has 0 saturated carbocycles. The fraction of sp³-hybridized carbons (Fsp3) is 0.909. The van der Waals surface area contributed by atoms with Crippen molar-refractivity contribution >= 4 is 17.7 Å². The highest BCUT2D eigenvalue weighted by Gasteiger charge is 2.13. The Morgan fingerprint density at radius 1 is 1.60 bits per heavy atom. The van der Waals surface area contributed by atoms with Crippen LogP contribution in [0.15, 0.2) is 0 Å². The summed E-state index contributed by atoms with van der Waals surface area (Å²) in [5, 5.41) is 6.33. The Balaban J connectivity index is 1.91. The second kappa shape index (κ2) is 7.99. The van der Waals surface area contributed by atoms with Gasteiger partial charge in [-0.2, -0.15) is 11.8 Å². The molecule has 0 aromatic heterocycles. The Kier molecular flexibility index (Phi) is 6.85. The number of rotatable bonds is 7. The maximum absolute atomic E-state index is 11.4. The first-order chi connectivity index (χ1) is 7.33. The summed E-state index contributed by atoms with van der Waals surface area (Å²) in [6, 6.07) is 0. The van der Waals surface area contributed by atoms with Crippen LogP contribution in [0.25, 0.3) is 0 Å². The molecule has 0 radical (unpaired) electrons. The van der Waals surface area contributed by atoms with Gasteiger partial charge in [0, 0.05) is 13.0 Å². The van der Waals surface area contributed by atoms with Crippen molar-refractivity contribution in [3.63, 3.8) is 0 Å². The molecule has 1 amide bonds. The SMILES string of the molecule is CSCCCC(=O)NCCC1CCNC1. The van der Waals surface area contributed by atoms with Gasteiger partial charge >= 0.3 is 0 Å². The Labute approximate surface area is 96.8 Å². The van der Waals surface area contributed by atoms with Crippen LogP contribution in [-0.2, 0) is 4.79 Å². The molecule has 0 aliphatic carbocycles. The van der Waals surface area contributed by atoms with E-state index >= 15 is 0 Å². The normalized spacial score (nSPS) is 20.5. The quantitative estimate of drug-likeness (QED) is 0.647. The molecular formula is C11H22N2OS. The summed E-state index contributed by atoms with van der Waals surface area (Å²) in [6.45, 7) is 3.12. The van der Waals surface area contributed by atoms with E-state index in [-0.39, 0.29) is 5.91 Å². The molecule has 1 heterocycles. The molecule has 15 heavy (non-hydrogen) atoms. The Morgan fingerprint density at radius 3 is 3.13 bits per heavy atom. The summed E-state index contributed by atoms with van der Waals surface area (Å²) in [7, 11) is 0. The van der Waals surface area contributed by atoms with Crippen LogP contribution in [0.5, 0.6) is 0 Å². The van der Waals surface area contributed by atoms with Gasteiger partial charge in [0.25, 0.3) is 0 Å². The summed E-state index contributed by atoms with van der Waals surface area (Å²) < 4.78 is 0. The number of nitrogens with one attached hydrogen (secondary N) is 2. The molecule has 2 N–H and O–H groups in total. The summed E-state index contributed by atoms with van der Waals surface area (Å²) in [5.74, 6) is 2.08. The molecule has 1 fully saturated rings. The zero-order valence-electron chi connectivity index (χ0n) is 9.55. The van der Waals surface area contributed by atoms with E-state index in [1.165, 1.54) is 6.42 Å². The third kappa shape index (κ3) is 6.05. The minimum absolute atomic E-state index is 0.218. The van der Waals surface area contributed by atoms with E-state index in [0.717, 1.165) is 44.1 Å². The zero-order valence-corrected chi connectivity index (χ0v) is 10.4. The molecule has 1 unspecified atom stereocenters. The van der Waals surface area contributed by atoms with Gasteiger partial charge in [-0.1, -0.05) is 0 Å². The van der Waals surface area contributed by atoms with Gasteiger partial charge in [-0.3, -0.25) is 4.79 Å². The first kappa shape index (κ1) is 12.8. The number of carbonyl (C=O) groups is 1. The van der Waals surface area contributed by atoms with E-state index < -0.39 is 0 Å². The molecule has 0 aromatic rings. The van der Waals surface area contributed by atoms with Crippen LogP contribution in [-0.4, -0.2) is 37.6 Å². The van der Waals surface area contributed by atoms with Crippen LogP contribution in [0.4, 0.5) is 0 Å². The largest absolute Gasteiger partial charge is 0.356 e. The third-order valence-corrected chi connectivity index (χ3v) is 3.49. The lowest BCUT2D eigenvalue weighted by atomic mass is 10.1. The van der Waals surface area contributed by atoms with Gasteiger partial charge in [0.1, 0.15) is 0 Å². The lowest BCUT2D eigenvalue weighted by Gasteiger charge is -2.09. The summed E-state index contributed by atoms with van der Waals surface area (Å²) in [4.78, 5) is 11.4. The van der Waals surface area contributed by atoms with Gasteiger partial charge in [-0.25, -0.2) is 0 Å². The average Bonchev–Trinajstić information content (AvgIpc) is 2.71. The molecule has 1 aliphatic heterocycles. The van der Waals surface area contributed by atoms with Crippen molar-refractivity contribution in [2.45, 2.75) is 25.7 Å². The van der Waals surface area contributed by atoms with E-state index in [1.54, 1.807) is 11.8 Å². The molecule has 1 atom stereocenters. The van der Waals surface area contributed by atoms with Crippen molar-refractivity contribution in [3.05, 3.63) is 0 Å². The topological polar surface area (TPSA) is 41.1 Å². The second-order valence-electron chi connectivity index (χ2n) is 4.09. The molecule has 3 nitrogen and oxygen atoms in total. The predicted octanol–water partition coefficient (Wildman–Crippen LogP) is 1.25. The van der Waals surface area contributed by atoms with Crippen LogP contribution in [0.2, 0.25) is 0 Å². The monoisotopic (exact) mass is 230 g/mol. The van der Waals surface area contributed by atoms with E-state index in [0.29, 0.717) is 6.42 Å². The van der Waals surface area contributed by atoms with E-state index in [1.807, 2.05) is 0 Å². The molecule has 0 bridgehead atoms. The van der Waals surface area contributed by atoms with Crippen LogP contribution in [0.3, 0.4) is 0 Å². The maximum atomic E-state index is 11.4. The molecule has 0 aromatic carbocycles. The summed E-state index contributed by atoms with van der Waals surface area (Å²) in [5.41, 5.74) is 0. The van der Waals surface area contributed by atoms with Gasteiger partial charge in [0.2, 0.25) is 5.91 Å². The van der Waals surface area contributed by atoms with E-state index in [2.05, 4.69) is 16.9 Å². The highest BCUT2D eigenvalue weighted by Crippen LogP contribution is 2.10. The lowest BCUT2D eigenvalue weighted by Crippen LogP contribution is -2.26. The predicted molar refractivity (Wildman–Crippen MR) is 66.2 cm³/mol. The second-order valence-corrected chi connectivity index (χ2v) is 5.08. The molecule has 4 heteroatoms. The van der Waals surface area contributed by atoms with Gasteiger partial charge in [-0.05, 0) is 50.3 Å². The van der Waals surface area contributed by atoms with Crippen molar-refractivity contribution in [2.75, 3.05) is 31.6 Å². The van der Waals surface area contributed by atoms with Gasteiger partial charge in [0.15, 0.2) is 0 Å². The van der Waals surface area contributed by atoms with Gasteiger partial charge in [0.05, 0.1) is 0 Å². The highest BCUT2D eigenvalue weighted by molar-refractivity contribution is 7.98. The van der Waals surface area contributed by atoms with Gasteiger partial charge in [-0.15, -0.1) is 0 Å². The van der Waals surface area contributed by atoms with E-state index in [9.17, 15) is 4.79 Å². The minimum atomic E-state index is 0.218. The van der Waals surface area contributed by atoms with E-state index in [4.69, 9.17) is 0 Å². The first-order valence-electron chi connectivity index (χ1n) is 5.79. The Morgan fingerprint density at radius 2 is 2.47 bits per heavy atom. The summed E-state index contributed by atoms with van der Waals surface area (Å²) >= 11 is 1.80. The average molecular weight is 230 g/mol. The van der Waals surface area contributed by atoms with Crippen molar-refractivity contribution in [3.8, 4) is 0 Å². The zero-order chi connectivity index (χ0) is 10.9. The number of thioether (sulfide) groups is 1. The fourth-order valence-electron chi connectivity index (χ4n) is 1.84. The molecule has 1 aliphatic rings. The fourth-order valence-corrected chi connectivity index (χ4v) is 2.28. The van der Waals surface area contributed by atoms with Crippen molar-refractivity contribution in [1.29, 1.82) is 0 Å². The Hall–Kier alpha value is -0.220. The van der Waals surface area contributed by atoms with Gasteiger partial charge < -0.3 is 10.6 Å². The van der Waals surface area contributed by atoms with Crippen molar-refractivity contribution in [2.24, 2.45) is 5.92 Å². The number of hydrogen-bond acceptors (Lipinski definition) is 3. The van der Waals surface area contributed by atoms with Crippen LogP contribution in [0, 0.1) is 5.92 Å². The van der Waals surface area contributed by atoms with Crippen LogP contribution in [0.1, 0.15) is 25.7 Å². The standard InChI is InChI=1S/C11H22N2OS/c1-15-8-2-3-11(14)13-7-5-10-4-6-12-9-10/h10,12H,2-9H2,1H3,(H,13,14). The molecule has 1 rings (SSSR count). The molecule has 0 spiro atoms. The van der Waals surface area contributed by atoms with Crippen molar-refractivity contribution < 1.29 is 4.79 Å². The molecular weight excluding hydrogens is 208 g/mol. The highest BCUT2D eigenvalue weighted by atomic mass is 32.2. The third-order valence-electron chi connectivity index (χ3n) is 2.79. The number of amides is 1. The Bertz CT molecular complexity index is 181. The molecule has 1 saturated heterocycles. The number of carbonyl (C=O) groups excluding carboxylic acids is 1. The first-order valence-corrected chi connectivity index (χ1v) is 7.18. The smallest absolute Gasteiger partial charge is 0.220 e. The maximum Gasteiger partial charge on any atom is 0.220 e. The number of hydrogen-bond donors (Lipinski definition) is 2. The molecule has 88 valence electrons. The minimum Gasteiger partial charge on any atom is -0.356 e.